The largest absolute Gasteiger partial charge is 0.465 e. The summed E-state index contributed by atoms with van der Waals surface area (Å²) in [6.45, 7) is 8.70. The minimum Gasteiger partial charge on any atom is -0.465 e. The number of ether oxygens (including phenoxy) is 1. The Bertz CT molecular complexity index is 269. The van der Waals surface area contributed by atoms with Crippen molar-refractivity contribution in [1.29, 1.82) is 0 Å². The molecule has 0 aromatic rings. The fraction of sp³-hybridized carbons (Fsp3) is 0.929. The molecule has 2 unspecified atom stereocenters. The molecule has 0 saturated heterocycles. The quantitative estimate of drug-likeness (QED) is 0.655. The molecule has 0 radical (unpaired) electrons. The molecule has 0 heterocycles. The summed E-state index contributed by atoms with van der Waals surface area (Å²) in [5.41, 5.74) is -0.517. The summed E-state index contributed by atoms with van der Waals surface area (Å²) in [4.78, 5) is 12.1. The zero-order chi connectivity index (χ0) is 13.6. The van der Waals surface area contributed by atoms with Gasteiger partial charge in [-0.1, -0.05) is 13.8 Å². The third-order valence-corrected chi connectivity index (χ3v) is 4.51. The molecule has 4 heteroatoms. The van der Waals surface area contributed by atoms with Crippen LogP contribution in [0.4, 0.5) is 0 Å². The number of thioether (sulfide) groups is 1. The van der Waals surface area contributed by atoms with E-state index in [0.717, 1.165) is 12.2 Å². The Morgan fingerprint density at radius 1 is 1.50 bits per heavy atom. The van der Waals surface area contributed by atoms with E-state index in [2.05, 4.69) is 19.2 Å². The first-order valence-corrected chi connectivity index (χ1v) is 8.13. The van der Waals surface area contributed by atoms with E-state index in [4.69, 9.17) is 4.74 Å². The normalized spacial score (nSPS) is 20.2. The highest BCUT2D eigenvalue weighted by Crippen LogP contribution is 2.28. The van der Waals surface area contributed by atoms with Crippen molar-refractivity contribution >= 4 is 17.7 Å². The van der Waals surface area contributed by atoms with Crippen molar-refractivity contribution in [3.63, 3.8) is 0 Å². The Balaban J connectivity index is 2.54. The second-order valence-electron chi connectivity index (χ2n) is 5.36. The number of nitrogens with one attached hydrogen (secondary N) is 1. The molecule has 1 fully saturated rings. The molecule has 0 aliphatic heterocycles. The fourth-order valence-corrected chi connectivity index (χ4v) is 3.21. The van der Waals surface area contributed by atoms with Gasteiger partial charge in [0.25, 0.3) is 0 Å². The van der Waals surface area contributed by atoms with Gasteiger partial charge in [-0.15, -0.1) is 0 Å². The maximum absolute atomic E-state index is 12.1. The van der Waals surface area contributed by atoms with Crippen LogP contribution < -0.4 is 5.32 Å². The summed E-state index contributed by atoms with van der Waals surface area (Å²) in [5, 5.41) is 3.95. The minimum atomic E-state index is -0.517. The van der Waals surface area contributed by atoms with Gasteiger partial charge in [0.1, 0.15) is 5.54 Å². The molecule has 2 atom stereocenters. The predicted octanol–water partition coefficient (Wildman–Crippen LogP) is 2.98. The predicted molar refractivity (Wildman–Crippen MR) is 78.0 cm³/mol. The van der Waals surface area contributed by atoms with Gasteiger partial charge in [-0.3, -0.25) is 10.1 Å². The number of carbonyl (C=O) groups excluding carboxylic acids is 1. The van der Waals surface area contributed by atoms with E-state index in [-0.39, 0.29) is 5.97 Å². The first-order valence-electron chi connectivity index (χ1n) is 7.08. The molecule has 1 aliphatic rings. The SMILES string of the molecule is CCCSC(C)CC(C)(NC1CC1)C(=O)OCC. The molecule has 0 aromatic heterocycles. The minimum absolute atomic E-state index is 0.0964. The number of esters is 1. The van der Waals surface area contributed by atoms with Crippen LogP contribution in [0.3, 0.4) is 0 Å². The van der Waals surface area contributed by atoms with Gasteiger partial charge >= 0.3 is 5.97 Å². The zero-order valence-corrected chi connectivity index (χ0v) is 12.9. The highest BCUT2D eigenvalue weighted by molar-refractivity contribution is 7.99. The van der Waals surface area contributed by atoms with Crippen LogP contribution in [0.25, 0.3) is 0 Å². The maximum Gasteiger partial charge on any atom is 0.326 e. The number of rotatable bonds is 9. The van der Waals surface area contributed by atoms with Crippen LogP contribution in [0.15, 0.2) is 0 Å². The molecule has 18 heavy (non-hydrogen) atoms. The van der Waals surface area contributed by atoms with Crippen molar-refractivity contribution in [1.82, 2.24) is 5.32 Å². The van der Waals surface area contributed by atoms with E-state index in [1.54, 1.807) is 0 Å². The molecule has 1 saturated carbocycles. The first-order chi connectivity index (χ1) is 8.51. The highest BCUT2D eigenvalue weighted by atomic mass is 32.2. The smallest absolute Gasteiger partial charge is 0.326 e. The summed E-state index contributed by atoms with van der Waals surface area (Å²) in [7, 11) is 0. The van der Waals surface area contributed by atoms with E-state index in [1.807, 2.05) is 25.6 Å². The summed E-state index contributed by atoms with van der Waals surface area (Å²) >= 11 is 1.94. The third kappa shape index (κ3) is 5.19. The van der Waals surface area contributed by atoms with Crippen molar-refractivity contribution in [2.45, 2.75) is 70.2 Å². The Kier molecular flexibility index (Phi) is 6.50. The molecule has 1 aliphatic carbocycles. The lowest BCUT2D eigenvalue weighted by atomic mass is 9.95. The zero-order valence-electron chi connectivity index (χ0n) is 12.1. The monoisotopic (exact) mass is 273 g/mol. The van der Waals surface area contributed by atoms with Gasteiger partial charge in [0, 0.05) is 11.3 Å². The van der Waals surface area contributed by atoms with Crippen molar-refractivity contribution in [3.05, 3.63) is 0 Å². The average molecular weight is 273 g/mol. The molecule has 0 aromatic carbocycles. The van der Waals surface area contributed by atoms with Crippen LogP contribution in [-0.2, 0) is 9.53 Å². The molecule has 0 spiro atoms. The van der Waals surface area contributed by atoms with Crippen LogP contribution >= 0.6 is 11.8 Å². The van der Waals surface area contributed by atoms with E-state index in [1.165, 1.54) is 19.3 Å². The first kappa shape index (κ1) is 15.8. The standard InChI is InChI=1S/C14H27NO2S/c1-5-9-18-11(3)10-14(4,13(16)17-6-2)15-12-7-8-12/h11-12,15H,5-10H2,1-4H3. The molecular weight excluding hydrogens is 246 g/mol. The van der Waals surface area contributed by atoms with Crippen LogP contribution in [0.5, 0.6) is 0 Å². The lowest BCUT2D eigenvalue weighted by molar-refractivity contribution is -0.150. The van der Waals surface area contributed by atoms with Crippen molar-refractivity contribution in [3.8, 4) is 0 Å². The lowest BCUT2D eigenvalue weighted by Gasteiger charge is -2.31. The average Bonchev–Trinajstić information content (AvgIpc) is 3.10. The van der Waals surface area contributed by atoms with Gasteiger partial charge in [0.15, 0.2) is 0 Å². The van der Waals surface area contributed by atoms with Gasteiger partial charge in [-0.05, 0) is 45.3 Å². The van der Waals surface area contributed by atoms with Crippen LogP contribution in [0.2, 0.25) is 0 Å². The summed E-state index contributed by atoms with van der Waals surface area (Å²) in [6.07, 6.45) is 4.39. The molecule has 3 nitrogen and oxygen atoms in total. The third-order valence-electron chi connectivity index (χ3n) is 3.13. The molecular formula is C14H27NO2S. The Hall–Kier alpha value is -0.220. The van der Waals surface area contributed by atoms with E-state index in [9.17, 15) is 4.79 Å². The Morgan fingerprint density at radius 3 is 2.67 bits per heavy atom. The molecule has 1 N–H and O–H groups in total. The van der Waals surface area contributed by atoms with Crippen LogP contribution in [0, 0.1) is 0 Å². The summed E-state index contributed by atoms with van der Waals surface area (Å²) in [6, 6.07) is 0.516. The Labute approximate surface area is 115 Å². The topological polar surface area (TPSA) is 38.3 Å². The molecule has 106 valence electrons. The Morgan fingerprint density at radius 2 is 2.17 bits per heavy atom. The van der Waals surface area contributed by atoms with Crippen molar-refractivity contribution in [2.24, 2.45) is 0 Å². The summed E-state index contributed by atoms with van der Waals surface area (Å²) in [5.74, 6) is 1.06. The second kappa shape index (κ2) is 7.39. The van der Waals surface area contributed by atoms with Crippen molar-refractivity contribution in [2.75, 3.05) is 12.4 Å². The second-order valence-corrected chi connectivity index (χ2v) is 6.90. The van der Waals surface area contributed by atoms with Gasteiger partial charge < -0.3 is 4.74 Å². The van der Waals surface area contributed by atoms with Gasteiger partial charge in [0.05, 0.1) is 6.61 Å². The lowest BCUT2D eigenvalue weighted by Crippen LogP contribution is -2.52. The number of carbonyl (C=O) groups is 1. The highest BCUT2D eigenvalue weighted by Gasteiger charge is 2.40. The molecule has 0 bridgehead atoms. The van der Waals surface area contributed by atoms with Gasteiger partial charge in [-0.25, -0.2) is 0 Å². The van der Waals surface area contributed by atoms with Gasteiger partial charge in [0.2, 0.25) is 0 Å². The van der Waals surface area contributed by atoms with Crippen LogP contribution in [0.1, 0.15) is 53.4 Å². The molecule has 0 amide bonds. The van der Waals surface area contributed by atoms with Gasteiger partial charge in [-0.2, -0.15) is 11.8 Å². The number of hydrogen-bond acceptors (Lipinski definition) is 4. The van der Waals surface area contributed by atoms with E-state index >= 15 is 0 Å². The maximum atomic E-state index is 12.1. The fourth-order valence-electron chi connectivity index (χ4n) is 2.12. The van der Waals surface area contributed by atoms with E-state index in [0.29, 0.717) is 17.9 Å². The summed E-state index contributed by atoms with van der Waals surface area (Å²) < 4.78 is 5.23. The van der Waals surface area contributed by atoms with E-state index < -0.39 is 5.54 Å². The van der Waals surface area contributed by atoms with Crippen molar-refractivity contribution < 1.29 is 9.53 Å². The number of hydrogen-bond donors (Lipinski definition) is 1. The molecule has 1 rings (SSSR count). The van der Waals surface area contributed by atoms with Crippen LogP contribution in [-0.4, -0.2) is 35.2 Å².